The van der Waals surface area contributed by atoms with Crippen molar-refractivity contribution in [1.29, 1.82) is 0 Å². The second-order valence-corrected chi connectivity index (χ2v) is 19.5. The van der Waals surface area contributed by atoms with Crippen molar-refractivity contribution in [1.82, 2.24) is 0 Å². The Balaban J connectivity index is 0.723. The summed E-state index contributed by atoms with van der Waals surface area (Å²) in [7, 11) is 0. The van der Waals surface area contributed by atoms with Gasteiger partial charge in [-0.2, -0.15) is 0 Å². The predicted molar refractivity (Wildman–Crippen MR) is 313 cm³/mol. The maximum atomic E-state index is 6.77. The summed E-state index contributed by atoms with van der Waals surface area (Å²) in [6, 6.07) is 108. The summed E-state index contributed by atoms with van der Waals surface area (Å²) < 4.78 is 6.77. The van der Waals surface area contributed by atoms with Crippen LogP contribution >= 0.6 is 0 Å². The summed E-state index contributed by atoms with van der Waals surface area (Å²) in [4.78, 5) is 2.32. The number of nitrogens with zero attached hydrogens (tertiary/aromatic N) is 1. The highest BCUT2D eigenvalue weighted by molar-refractivity contribution is 6.13. The Labute approximate surface area is 437 Å². The Morgan fingerprint density at radius 3 is 1.12 bits per heavy atom. The van der Waals surface area contributed by atoms with E-state index in [1.54, 1.807) is 0 Å². The zero-order valence-corrected chi connectivity index (χ0v) is 41.1. The largest absolute Gasteiger partial charge is 0.455 e. The van der Waals surface area contributed by atoms with E-state index >= 15 is 0 Å². The third kappa shape index (κ3) is 7.49. The van der Waals surface area contributed by atoms with Crippen LogP contribution in [0.4, 0.5) is 17.1 Å². The van der Waals surface area contributed by atoms with Crippen LogP contribution in [0.2, 0.25) is 0 Å². The van der Waals surface area contributed by atoms with Gasteiger partial charge in [0.15, 0.2) is 0 Å². The first kappa shape index (κ1) is 44.0. The summed E-state index contributed by atoms with van der Waals surface area (Å²) in [5, 5.41) is 2.24. The first-order valence-electron chi connectivity index (χ1n) is 25.8. The zero-order valence-electron chi connectivity index (χ0n) is 41.1. The van der Waals surface area contributed by atoms with Crippen molar-refractivity contribution >= 4 is 39.0 Å². The standard InChI is InChI=1S/C73H49NO/c1-5-17-55(18-6-1)63-26-15-28-66-67-29-16-27-64(72(67)75-71(63)66)56-41-46-62(47-42-56)74(60-23-11-4-12-24-60)61-44-39-53(40-45-61)52-33-31-50(32-34-52)51-35-37-54(38-36-51)57-43-48-70-68(49-57)65-25-13-14-30-69(65)73(70,58-19-7-2-8-20-58)59-21-9-3-10-22-59/h1-49H. The summed E-state index contributed by atoms with van der Waals surface area (Å²) in [6.45, 7) is 0. The van der Waals surface area contributed by atoms with Crippen molar-refractivity contribution in [3.8, 4) is 66.8 Å². The Hall–Kier alpha value is -9.76. The van der Waals surface area contributed by atoms with Gasteiger partial charge in [0.1, 0.15) is 11.2 Å². The fourth-order valence-electron chi connectivity index (χ4n) is 11.8. The van der Waals surface area contributed by atoms with Gasteiger partial charge in [0.25, 0.3) is 0 Å². The van der Waals surface area contributed by atoms with Crippen molar-refractivity contribution in [2.75, 3.05) is 4.90 Å². The normalized spacial score (nSPS) is 12.4. The maximum Gasteiger partial charge on any atom is 0.143 e. The van der Waals surface area contributed by atoms with Crippen molar-refractivity contribution < 1.29 is 4.42 Å². The molecule has 0 fully saturated rings. The molecule has 2 nitrogen and oxygen atoms in total. The van der Waals surface area contributed by atoms with E-state index in [0.29, 0.717) is 0 Å². The van der Waals surface area contributed by atoms with Gasteiger partial charge in [0, 0.05) is 39.0 Å². The smallest absolute Gasteiger partial charge is 0.143 e. The first-order valence-corrected chi connectivity index (χ1v) is 25.8. The monoisotopic (exact) mass is 955 g/mol. The van der Waals surface area contributed by atoms with E-state index < -0.39 is 5.41 Å². The third-order valence-electron chi connectivity index (χ3n) is 15.4. The molecule has 352 valence electrons. The van der Waals surface area contributed by atoms with Crippen LogP contribution in [0.5, 0.6) is 0 Å². The SMILES string of the molecule is c1ccc(-c2cccc3c2oc2c(-c4ccc(N(c5ccccc5)c5ccc(-c6ccc(-c7ccc(-c8ccc9c(c8)-c8ccccc8C9(c8ccccc8)c8ccccc8)cc7)cc6)cc5)cc4)cccc23)cc1. The van der Waals surface area contributed by atoms with Gasteiger partial charge in [-0.25, -0.2) is 0 Å². The van der Waals surface area contributed by atoms with Crippen molar-refractivity contribution in [2.45, 2.75) is 5.41 Å². The van der Waals surface area contributed by atoms with Crippen LogP contribution in [0.3, 0.4) is 0 Å². The molecular formula is C73H49NO. The third-order valence-corrected chi connectivity index (χ3v) is 15.4. The quantitative estimate of drug-likeness (QED) is 0.136. The molecule has 75 heavy (non-hydrogen) atoms. The van der Waals surface area contributed by atoms with E-state index in [2.05, 4.69) is 296 Å². The fourth-order valence-corrected chi connectivity index (χ4v) is 11.8. The molecule has 0 amide bonds. The molecule has 1 aromatic heterocycles. The molecule has 0 saturated heterocycles. The van der Waals surface area contributed by atoms with Gasteiger partial charge in [-0.15, -0.1) is 0 Å². The van der Waals surface area contributed by atoms with Gasteiger partial charge in [0.05, 0.1) is 5.41 Å². The van der Waals surface area contributed by atoms with Crippen LogP contribution in [0.15, 0.2) is 302 Å². The van der Waals surface area contributed by atoms with Crippen LogP contribution < -0.4 is 4.90 Å². The zero-order chi connectivity index (χ0) is 49.7. The molecule has 0 N–H and O–H groups in total. The molecule has 0 saturated carbocycles. The number of hydrogen-bond donors (Lipinski definition) is 0. The van der Waals surface area contributed by atoms with Gasteiger partial charge in [0.2, 0.25) is 0 Å². The van der Waals surface area contributed by atoms with Crippen molar-refractivity contribution in [2.24, 2.45) is 0 Å². The van der Waals surface area contributed by atoms with Gasteiger partial charge >= 0.3 is 0 Å². The molecule has 0 spiro atoms. The number of rotatable bonds is 10. The molecule has 1 aliphatic carbocycles. The van der Waals surface area contributed by atoms with E-state index in [0.717, 1.165) is 61.3 Å². The van der Waals surface area contributed by atoms with Gasteiger partial charge in [-0.1, -0.05) is 255 Å². The molecule has 1 heterocycles. The molecule has 0 bridgehead atoms. The average molecular weight is 956 g/mol. The topological polar surface area (TPSA) is 16.4 Å². The fraction of sp³-hybridized carbons (Fsp3) is 0.0137. The lowest BCUT2D eigenvalue weighted by Gasteiger charge is -2.33. The van der Waals surface area contributed by atoms with Crippen molar-refractivity contribution in [3.05, 3.63) is 320 Å². The number of anilines is 3. The number of fused-ring (bicyclic) bond motifs is 6. The number of para-hydroxylation sites is 3. The molecule has 13 aromatic rings. The van der Waals surface area contributed by atoms with E-state index in [4.69, 9.17) is 4.42 Å². The van der Waals surface area contributed by atoms with Crippen molar-refractivity contribution in [3.63, 3.8) is 0 Å². The minimum Gasteiger partial charge on any atom is -0.455 e. The van der Waals surface area contributed by atoms with E-state index in [1.165, 1.54) is 66.8 Å². The van der Waals surface area contributed by atoms with E-state index in [-0.39, 0.29) is 0 Å². The summed E-state index contributed by atoms with van der Waals surface area (Å²) in [6.07, 6.45) is 0. The van der Waals surface area contributed by atoms with Crippen LogP contribution in [0.1, 0.15) is 22.3 Å². The molecule has 14 rings (SSSR count). The molecule has 0 radical (unpaired) electrons. The van der Waals surface area contributed by atoms with Crippen LogP contribution in [-0.4, -0.2) is 0 Å². The summed E-state index contributed by atoms with van der Waals surface area (Å²) in [5.41, 5.74) is 24.0. The number of furan rings is 1. The lowest BCUT2D eigenvalue weighted by atomic mass is 9.67. The highest BCUT2D eigenvalue weighted by Crippen LogP contribution is 2.56. The van der Waals surface area contributed by atoms with Gasteiger partial charge in [-0.3, -0.25) is 0 Å². The van der Waals surface area contributed by atoms with Crippen LogP contribution in [0, 0.1) is 0 Å². The lowest BCUT2D eigenvalue weighted by molar-refractivity contribution is 0.671. The molecule has 0 aliphatic heterocycles. The van der Waals surface area contributed by atoms with Gasteiger partial charge < -0.3 is 9.32 Å². The second-order valence-electron chi connectivity index (χ2n) is 19.5. The number of benzene rings is 12. The Bertz CT molecular complexity index is 4120. The molecular weight excluding hydrogens is 907 g/mol. The lowest BCUT2D eigenvalue weighted by Crippen LogP contribution is -2.28. The summed E-state index contributed by atoms with van der Waals surface area (Å²) in [5.74, 6) is 0. The molecule has 1 aliphatic rings. The molecule has 2 heteroatoms. The average Bonchev–Trinajstić information content (AvgIpc) is 4.08. The number of hydrogen-bond acceptors (Lipinski definition) is 2. The maximum absolute atomic E-state index is 6.77. The minimum absolute atomic E-state index is 0.397. The Kier molecular flexibility index (Phi) is 10.8. The molecule has 12 aromatic carbocycles. The van der Waals surface area contributed by atoms with Gasteiger partial charge in [-0.05, 0) is 120 Å². The minimum atomic E-state index is -0.397. The highest BCUT2D eigenvalue weighted by atomic mass is 16.3. The Morgan fingerprint density at radius 2 is 0.600 bits per heavy atom. The molecule has 0 unspecified atom stereocenters. The predicted octanol–water partition coefficient (Wildman–Crippen LogP) is 19.8. The Morgan fingerprint density at radius 1 is 0.240 bits per heavy atom. The highest BCUT2D eigenvalue weighted by Gasteiger charge is 2.46. The van der Waals surface area contributed by atoms with E-state index in [1.807, 2.05) is 6.07 Å². The first-order chi connectivity index (χ1) is 37.2. The van der Waals surface area contributed by atoms with E-state index in [9.17, 15) is 0 Å². The van der Waals surface area contributed by atoms with Crippen LogP contribution in [-0.2, 0) is 5.41 Å². The second kappa shape index (κ2) is 18.4. The van der Waals surface area contributed by atoms with Crippen LogP contribution in [0.25, 0.3) is 88.7 Å². The molecule has 0 atom stereocenters. The summed E-state index contributed by atoms with van der Waals surface area (Å²) >= 11 is 0.